The van der Waals surface area contributed by atoms with E-state index in [1.807, 2.05) is 12.1 Å². The topological polar surface area (TPSA) is 87.9 Å². The lowest BCUT2D eigenvalue weighted by molar-refractivity contribution is -0.134. The zero-order valence-electron chi connectivity index (χ0n) is 22.5. The molecule has 8 heteroatoms. The molecule has 204 valence electrons. The van der Waals surface area contributed by atoms with E-state index in [9.17, 15) is 9.59 Å². The minimum absolute atomic E-state index is 0.111. The summed E-state index contributed by atoms with van der Waals surface area (Å²) in [5.41, 5.74) is 4.89. The highest BCUT2D eigenvalue weighted by Gasteiger charge is 2.39. The average molecular weight is 529 g/mol. The first-order chi connectivity index (χ1) is 19.0. The van der Waals surface area contributed by atoms with E-state index < -0.39 is 0 Å². The van der Waals surface area contributed by atoms with E-state index >= 15 is 0 Å². The van der Waals surface area contributed by atoms with Crippen LogP contribution >= 0.6 is 0 Å². The van der Waals surface area contributed by atoms with Crippen LogP contribution in [0, 0.1) is 12.8 Å². The first kappa shape index (κ1) is 25.6. The van der Waals surface area contributed by atoms with Crippen LogP contribution in [0.3, 0.4) is 0 Å². The van der Waals surface area contributed by atoms with Gasteiger partial charge in [-0.3, -0.25) is 9.59 Å². The number of hydrogen-bond acceptors (Lipinski definition) is 6. The molecule has 1 aliphatic carbocycles. The summed E-state index contributed by atoms with van der Waals surface area (Å²) in [6.07, 6.45) is 6.64. The summed E-state index contributed by atoms with van der Waals surface area (Å²) < 4.78 is 11.6. The lowest BCUT2D eigenvalue weighted by Crippen LogP contribution is -2.41. The standard InChI is InChI=1S/C31H36N4O4/c1-21-4-6-23(7-5-21)29-26-18-25(11-10-22(26)12-16-35(29)31(37)24-8-9-24)38-20-28-33-27(19-39-28)30(36)32-13-17-34-14-2-3-15-34/h4-7,10-11,18-19,24,29H,2-3,8-9,12-17,20H2,1H3,(H,32,36)/t29-/m1/s1. The molecule has 0 unspecified atom stereocenters. The van der Waals surface area contributed by atoms with Gasteiger partial charge in [-0.2, -0.15) is 0 Å². The molecule has 1 saturated heterocycles. The number of hydrogen-bond donors (Lipinski definition) is 1. The van der Waals surface area contributed by atoms with Crippen LogP contribution in [0.15, 0.2) is 53.1 Å². The van der Waals surface area contributed by atoms with Crippen molar-refractivity contribution in [2.24, 2.45) is 5.92 Å². The Morgan fingerprint density at radius 2 is 1.87 bits per heavy atom. The summed E-state index contributed by atoms with van der Waals surface area (Å²) in [6, 6.07) is 14.4. The zero-order chi connectivity index (χ0) is 26.8. The fourth-order valence-electron chi connectivity index (χ4n) is 5.64. The van der Waals surface area contributed by atoms with Crippen molar-refractivity contribution >= 4 is 11.8 Å². The number of amides is 2. The van der Waals surface area contributed by atoms with Crippen molar-refractivity contribution in [3.05, 3.63) is 82.6 Å². The summed E-state index contributed by atoms with van der Waals surface area (Å²) in [7, 11) is 0. The summed E-state index contributed by atoms with van der Waals surface area (Å²) in [6.45, 7) is 6.56. The summed E-state index contributed by atoms with van der Waals surface area (Å²) in [5.74, 6) is 1.21. The maximum Gasteiger partial charge on any atom is 0.273 e. The number of carbonyl (C=O) groups excluding carboxylic acids is 2. The van der Waals surface area contributed by atoms with Crippen LogP contribution in [-0.2, 0) is 17.8 Å². The molecule has 6 rings (SSSR count). The average Bonchev–Trinajstić information content (AvgIpc) is 3.46. The number of rotatable bonds is 9. The molecule has 0 radical (unpaired) electrons. The molecule has 1 atom stereocenters. The van der Waals surface area contributed by atoms with Crippen LogP contribution in [0.5, 0.6) is 5.75 Å². The van der Waals surface area contributed by atoms with Crippen molar-refractivity contribution < 1.29 is 18.7 Å². The molecule has 2 fully saturated rings. The number of aryl methyl sites for hydroxylation is 1. The number of ether oxygens (including phenoxy) is 1. The Balaban J connectivity index is 1.13. The largest absolute Gasteiger partial charge is 0.484 e. The Morgan fingerprint density at radius 3 is 2.64 bits per heavy atom. The second kappa shape index (κ2) is 11.2. The Morgan fingerprint density at radius 1 is 1.08 bits per heavy atom. The molecular formula is C31H36N4O4. The second-order valence-corrected chi connectivity index (χ2v) is 10.9. The Hall–Kier alpha value is -3.65. The SMILES string of the molecule is Cc1ccc([C@@H]2c3cc(OCc4nc(C(=O)NCCN5CCCC5)co4)ccc3CCN2C(=O)C2CC2)cc1. The van der Waals surface area contributed by atoms with Gasteiger partial charge in [-0.15, -0.1) is 0 Å². The first-order valence-corrected chi connectivity index (χ1v) is 14.1. The number of nitrogens with zero attached hydrogens (tertiary/aromatic N) is 3. The van der Waals surface area contributed by atoms with Gasteiger partial charge in [-0.1, -0.05) is 35.9 Å². The Labute approximate surface area is 229 Å². The quantitative estimate of drug-likeness (QED) is 0.446. The summed E-state index contributed by atoms with van der Waals surface area (Å²) in [4.78, 5) is 34.4. The van der Waals surface area contributed by atoms with Crippen LogP contribution in [0.1, 0.15) is 70.4 Å². The van der Waals surface area contributed by atoms with Crippen molar-refractivity contribution in [1.82, 2.24) is 20.1 Å². The predicted octanol–water partition coefficient (Wildman–Crippen LogP) is 4.27. The Kier molecular flexibility index (Phi) is 7.37. The summed E-state index contributed by atoms with van der Waals surface area (Å²) in [5, 5.41) is 2.92. The molecule has 0 spiro atoms. The number of fused-ring (bicyclic) bond motifs is 1. The highest BCUT2D eigenvalue weighted by Crippen LogP contribution is 2.41. The van der Waals surface area contributed by atoms with Gasteiger partial charge in [0.1, 0.15) is 12.0 Å². The normalized spacial score (nSPS) is 19.1. The van der Waals surface area contributed by atoms with Crippen LogP contribution in [0.2, 0.25) is 0 Å². The third-order valence-electron chi connectivity index (χ3n) is 8.01. The van der Waals surface area contributed by atoms with Gasteiger partial charge in [-0.05, 0) is 80.9 Å². The van der Waals surface area contributed by atoms with Gasteiger partial charge in [0.05, 0.1) is 6.04 Å². The van der Waals surface area contributed by atoms with Crippen LogP contribution in [0.4, 0.5) is 0 Å². The van der Waals surface area contributed by atoms with Crippen molar-refractivity contribution in [2.45, 2.75) is 51.7 Å². The fourth-order valence-corrected chi connectivity index (χ4v) is 5.64. The van der Waals surface area contributed by atoms with Crippen LogP contribution in [0.25, 0.3) is 0 Å². The maximum atomic E-state index is 13.2. The summed E-state index contributed by atoms with van der Waals surface area (Å²) >= 11 is 0. The molecule has 3 aliphatic rings. The van der Waals surface area contributed by atoms with E-state index in [1.54, 1.807) is 0 Å². The van der Waals surface area contributed by atoms with E-state index in [-0.39, 0.29) is 36.1 Å². The van der Waals surface area contributed by atoms with Crippen molar-refractivity contribution in [2.75, 3.05) is 32.7 Å². The fraction of sp³-hybridized carbons (Fsp3) is 0.452. The Bertz CT molecular complexity index is 1320. The highest BCUT2D eigenvalue weighted by molar-refractivity contribution is 5.91. The van der Waals surface area contributed by atoms with Crippen LogP contribution < -0.4 is 10.1 Å². The number of oxazole rings is 1. The van der Waals surface area contributed by atoms with Gasteiger partial charge in [0.15, 0.2) is 12.3 Å². The molecule has 1 aromatic heterocycles. The van der Waals surface area contributed by atoms with Gasteiger partial charge in [0.2, 0.25) is 11.8 Å². The lowest BCUT2D eigenvalue weighted by Gasteiger charge is -2.38. The molecule has 3 heterocycles. The molecule has 3 aromatic rings. The molecule has 1 saturated carbocycles. The van der Waals surface area contributed by atoms with Crippen LogP contribution in [-0.4, -0.2) is 59.3 Å². The number of aromatic nitrogens is 1. The number of benzene rings is 2. The van der Waals surface area contributed by atoms with Crippen molar-refractivity contribution in [3.8, 4) is 5.75 Å². The molecule has 1 N–H and O–H groups in total. The molecule has 0 bridgehead atoms. The zero-order valence-corrected chi connectivity index (χ0v) is 22.5. The third-order valence-corrected chi connectivity index (χ3v) is 8.01. The lowest BCUT2D eigenvalue weighted by atomic mass is 9.87. The number of nitrogens with one attached hydrogen (secondary N) is 1. The van der Waals surface area contributed by atoms with Crippen molar-refractivity contribution in [1.29, 1.82) is 0 Å². The smallest absolute Gasteiger partial charge is 0.273 e. The number of carbonyl (C=O) groups is 2. The van der Waals surface area contributed by atoms with Gasteiger partial charge in [0, 0.05) is 25.6 Å². The molecule has 2 aromatic carbocycles. The highest BCUT2D eigenvalue weighted by atomic mass is 16.5. The monoisotopic (exact) mass is 528 g/mol. The van der Waals surface area contributed by atoms with E-state index in [4.69, 9.17) is 9.15 Å². The van der Waals surface area contributed by atoms with E-state index in [1.165, 1.54) is 30.2 Å². The second-order valence-electron chi connectivity index (χ2n) is 10.9. The van der Waals surface area contributed by atoms with E-state index in [2.05, 4.69) is 57.4 Å². The van der Waals surface area contributed by atoms with Gasteiger partial charge in [0.25, 0.3) is 5.91 Å². The maximum absolute atomic E-state index is 13.2. The third kappa shape index (κ3) is 5.86. The predicted molar refractivity (Wildman–Crippen MR) is 146 cm³/mol. The molecule has 2 aliphatic heterocycles. The molecular weight excluding hydrogens is 492 g/mol. The van der Waals surface area contributed by atoms with Gasteiger partial charge in [-0.25, -0.2) is 4.98 Å². The number of likely N-dealkylation sites (tertiary alicyclic amines) is 1. The van der Waals surface area contributed by atoms with E-state index in [0.717, 1.165) is 56.6 Å². The van der Waals surface area contributed by atoms with Gasteiger partial charge < -0.3 is 24.3 Å². The minimum Gasteiger partial charge on any atom is -0.484 e. The van der Waals surface area contributed by atoms with Crippen molar-refractivity contribution in [3.63, 3.8) is 0 Å². The first-order valence-electron chi connectivity index (χ1n) is 14.1. The molecule has 2 amide bonds. The molecule has 8 nitrogen and oxygen atoms in total. The molecule has 39 heavy (non-hydrogen) atoms. The van der Waals surface area contributed by atoms with E-state index in [0.29, 0.717) is 18.2 Å². The minimum atomic E-state index is -0.237. The van der Waals surface area contributed by atoms with Gasteiger partial charge >= 0.3 is 0 Å².